The van der Waals surface area contributed by atoms with E-state index in [4.69, 9.17) is 4.74 Å². The fourth-order valence-electron chi connectivity index (χ4n) is 5.17. The Morgan fingerprint density at radius 3 is 2.37 bits per heavy atom. The Balaban J connectivity index is 1.61. The van der Waals surface area contributed by atoms with Crippen molar-refractivity contribution in [3.05, 3.63) is 65.7 Å². The molecular formula is C30H39N5O6. The van der Waals surface area contributed by atoms with Gasteiger partial charge in [-0.3, -0.25) is 24.1 Å². The highest BCUT2D eigenvalue weighted by Crippen LogP contribution is 2.19. The van der Waals surface area contributed by atoms with Gasteiger partial charge >= 0.3 is 0 Å². The first-order chi connectivity index (χ1) is 19.9. The summed E-state index contributed by atoms with van der Waals surface area (Å²) < 4.78 is 5.94. The van der Waals surface area contributed by atoms with Gasteiger partial charge in [0, 0.05) is 45.7 Å². The number of fused-ring (bicyclic) bond motifs is 1. The van der Waals surface area contributed by atoms with E-state index in [1.165, 1.54) is 0 Å². The summed E-state index contributed by atoms with van der Waals surface area (Å²) in [6.45, 7) is 5.23. The van der Waals surface area contributed by atoms with Crippen molar-refractivity contribution in [3.63, 3.8) is 0 Å². The van der Waals surface area contributed by atoms with Gasteiger partial charge in [0.25, 0.3) is 5.91 Å². The lowest BCUT2D eigenvalue weighted by atomic mass is 10.0. The van der Waals surface area contributed by atoms with Crippen molar-refractivity contribution in [1.29, 1.82) is 0 Å². The first kappa shape index (κ1) is 30.0. The molecule has 0 aliphatic carbocycles. The molecule has 3 N–H and O–H groups in total. The number of nitrogens with zero attached hydrogens (tertiary/aromatic N) is 3. The summed E-state index contributed by atoms with van der Waals surface area (Å²) in [7, 11) is 0. The minimum Gasteiger partial charge on any atom is -0.491 e. The lowest BCUT2D eigenvalue weighted by Crippen LogP contribution is -2.57. The van der Waals surface area contributed by atoms with Crippen molar-refractivity contribution in [3.8, 4) is 5.75 Å². The average molecular weight is 566 g/mol. The highest BCUT2D eigenvalue weighted by Gasteiger charge is 2.33. The van der Waals surface area contributed by atoms with Gasteiger partial charge in [-0.15, -0.1) is 0 Å². The fraction of sp³-hybridized carbons (Fsp3) is 0.467. The number of benzene rings is 2. The van der Waals surface area contributed by atoms with Crippen LogP contribution in [0.15, 0.2) is 54.6 Å². The Bertz CT molecular complexity index is 1200. The SMILES string of the molecule is CCN1CCOc2ccccc2C(=O)N[C@H](C(=O)N2CCN(CCO)CC2)CC(=O)N[C@H](Cc2ccccc2)C1=O. The molecular weight excluding hydrogens is 526 g/mol. The van der Waals surface area contributed by atoms with E-state index in [9.17, 15) is 24.3 Å². The number of nitrogens with one attached hydrogen (secondary N) is 2. The van der Waals surface area contributed by atoms with Crippen LogP contribution in [-0.4, -0.2) is 115 Å². The number of hydrogen-bond donors (Lipinski definition) is 3. The van der Waals surface area contributed by atoms with Crippen LogP contribution in [0.2, 0.25) is 0 Å². The van der Waals surface area contributed by atoms with Crippen molar-refractivity contribution in [1.82, 2.24) is 25.3 Å². The number of carbonyl (C=O) groups excluding carboxylic acids is 4. The number of rotatable bonds is 6. The number of ether oxygens (including phenoxy) is 1. The van der Waals surface area contributed by atoms with Crippen LogP contribution in [0.3, 0.4) is 0 Å². The fourth-order valence-corrected chi connectivity index (χ4v) is 5.17. The van der Waals surface area contributed by atoms with Crippen LogP contribution in [-0.2, 0) is 20.8 Å². The summed E-state index contributed by atoms with van der Waals surface area (Å²) in [4.78, 5) is 59.4. The van der Waals surface area contributed by atoms with E-state index < -0.39 is 23.9 Å². The predicted molar refractivity (Wildman–Crippen MR) is 152 cm³/mol. The van der Waals surface area contributed by atoms with Crippen molar-refractivity contribution >= 4 is 23.6 Å². The summed E-state index contributed by atoms with van der Waals surface area (Å²) in [5.74, 6) is -1.31. The zero-order valence-corrected chi connectivity index (χ0v) is 23.5. The Hall–Kier alpha value is -3.96. The predicted octanol–water partition coefficient (Wildman–Crippen LogP) is 0.280. The number of amides is 4. The number of β-amino-alcohol motifs (C(OH)–C–C–N with tert-alkyl or cyclic N) is 1. The molecule has 4 rings (SSSR count). The van der Waals surface area contributed by atoms with Gasteiger partial charge in [0.15, 0.2) is 0 Å². The molecule has 2 aromatic rings. The normalized spacial score (nSPS) is 21.3. The van der Waals surface area contributed by atoms with Gasteiger partial charge in [-0.2, -0.15) is 0 Å². The van der Waals surface area contributed by atoms with Gasteiger partial charge in [-0.1, -0.05) is 42.5 Å². The third kappa shape index (κ3) is 8.05. The van der Waals surface area contributed by atoms with E-state index in [1.807, 2.05) is 37.3 Å². The monoisotopic (exact) mass is 565 g/mol. The van der Waals surface area contributed by atoms with E-state index >= 15 is 0 Å². The van der Waals surface area contributed by atoms with E-state index in [2.05, 4.69) is 15.5 Å². The van der Waals surface area contributed by atoms with Crippen LogP contribution in [0, 0.1) is 0 Å². The minimum absolute atomic E-state index is 0.0343. The molecule has 0 spiro atoms. The topological polar surface area (TPSA) is 132 Å². The molecule has 2 aromatic carbocycles. The molecule has 0 bridgehead atoms. The average Bonchev–Trinajstić information content (AvgIpc) is 2.99. The number of carbonyl (C=O) groups is 4. The maximum Gasteiger partial charge on any atom is 0.255 e. The maximum atomic E-state index is 13.7. The molecule has 41 heavy (non-hydrogen) atoms. The lowest BCUT2D eigenvalue weighted by Gasteiger charge is -2.36. The first-order valence-corrected chi connectivity index (χ1v) is 14.2. The Labute approximate surface area is 240 Å². The molecule has 0 radical (unpaired) electrons. The highest BCUT2D eigenvalue weighted by atomic mass is 16.5. The van der Waals surface area contributed by atoms with Crippen LogP contribution in [0.25, 0.3) is 0 Å². The quantitative estimate of drug-likeness (QED) is 0.459. The minimum atomic E-state index is -1.14. The Morgan fingerprint density at radius 1 is 0.951 bits per heavy atom. The van der Waals surface area contributed by atoms with E-state index in [0.29, 0.717) is 45.0 Å². The van der Waals surface area contributed by atoms with Crippen LogP contribution >= 0.6 is 0 Å². The molecule has 0 saturated carbocycles. The first-order valence-electron chi connectivity index (χ1n) is 14.2. The number of aliphatic hydroxyl groups excluding tert-OH is 1. The molecule has 4 amide bonds. The van der Waals surface area contributed by atoms with E-state index in [-0.39, 0.29) is 50.0 Å². The molecule has 0 unspecified atom stereocenters. The molecule has 1 fully saturated rings. The van der Waals surface area contributed by atoms with E-state index in [0.717, 1.165) is 5.56 Å². The smallest absolute Gasteiger partial charge is 0.255 e. The summed E-state index contributed by atoms with van der Waals surface area (Å²) in [5, 5.41) is 14.9. The number of likely N-dealkylation sites (N-methyl/N-ethyl adjacent to an activating group) is 1. The number of piperazine rings is 1. The van der Waals surface area contributed by atoms with Gasteiger partial charge in [0.1, 0.15) is 24.4 Å². The van der Waals surface area contributed by atoms with Crippen LogP contribution in [0.5, 0.6) is 5.75 Å². The maximum absolute atomic E-state index is 13.7. The summed E-state index contributed by atoms with van der Waals surface area (Å²) >= 11 is 0. The molecule has 11 nitrogen and oxygen atoms in total. The zero-order chi connectivity index (χ0) is 29.2. The van der Waals surface area contributed by atoms with Crippen LogP contribution < -0.4 is 15.4 Å². The van der Waals surface area contributed by atoms with Crippen molar-refractivity contribution < 1.29 is 29.0 Å². The van der Waals surface area contributed by atoms with Gasteiger partial charge in [0.2, 0.25) is 17.7 Å². The van der Waals surface area contributed by atoms with Gasteiger partial charge in [-0.25, -0.2) is 0 Å². The molecule has 11 heteroatoms. The third-order valence-electron chi connectivity index (χ3n) is 7.45. The van der Waals surface area contributed by atoms with Gasteiger partial charge < -0.3 is 30.3 Å². The van der Waals surface area contributed by atoms with Crippen molar-refractivity contribution in [2.45, 2.75) is 31.8 Å². The summed E-state index contributed by atoms with van der Waals surface area (Å²) in [6.07, 6.45) is -0.0431. The molecule has 2 heterocycles. The number of aliphatic hydroxyl groups is 1. The third-order valence-corrected chi connectivity index (χ3v) is 7.45. The molecule has 2 aliphatic heterocycles. The molecule has 0 aromatic heterocycles. The number of hydrogen-bond acceptors (Lipinski definition) is 7. The lowest BCUT2D eigenvalue weighted by molar-refractivity contribution is -0.139. The second-order valence-electron chi connectivity index (χ2n) is 10.2. The zero-order valence-electron chi connectivity index (χ0n) is 23.5. The van der Waals surface area contributed by atoms with Crippen LogP contribution in [0.4, 0.5) is 0 Å². The molecule has 1 saturated heterocycles. The second kappa shape index (κ2) is 14.6. The van der Waals surface area contributed by atoms with Gasteiger partial charge in [-0.05, 0) is 24.6 Å². The van der Waals surface area contributed by atoms with Crippen molar-refractivity contribution in [2.75, 3.05) is 59.0 Å². The van der Waals surface area contributed by atoms with Gasteiger partial charge in [0.05, 0.1) is 25.1 Å². The van der Waals surface area contributed by atoms with E-state index in [1.54, 1.807) is 34.1 Å². The Kier molecular flexibility index (Phi) is 10.7. The second-order valence-corrected chi connectivity index (χ2v) is 10.2. The number of para-hydroxylation sites is 1. The molecule has 2 atom stereocenters. The summed E-state index contributed by atoms with van der Waals surface area (Å²) in [5.41, 5.74) is 1.13. The highest BCUT2D eigenvalue weighted by molar-refractivity contribution is 6.01. The molecule has 220 valence electrons. The molecule has 2 aliphatic rings. The standard InChI is InChI=1S/C30H39N5O6/c1-2-34-17-19-41-26-11-7-6-10-23(26)28(38)32-25(30(40)35-14-12-33(13-15-35)16-18-36)21-27(37)31-24(29(34)39)20-22-8-4-3-5-9-22/h3-11,24-25,36H,2,12-21H2,1H3,(H,31,37)(H,32,38)/t24-,25+/m1/s1. The largest absolute Gasteiger partial charge is 0.491 e. The summed E-state index contributed by atoms with van der Waals surface area (Å²) in [6, 6.07) is 14.1. The van der Waals surface area contributed by atoms with Crippen LogP contribution in [0.1, 0.15) is 29.3 Å². The Morgan fingerprint density at radius 2 is 1.66 bits per heavy atom. The van der Waals surface area contributed by atoms with Crippen molar-refractivity contribution in [2.24, 2.45) is 0 Å².